The first-order valence-corrected chi connectivity index (χ1v) is 12.7. The summed E-state index contributed by atoms with van der Waals surface area (Å²) in [5.74, 6) is -2.19. The van der Waals surface area contributed by atoms with Gasteiger partial charge in [0.15, 0.2) is 0 Å². The Kier molecular flexibility index (Phi) is 8.58. The highest BCUT2D eigenvalue weighted by Gasteiger charge is 2.32. The van der Waals surface area contributed by atoms with Crippen molar-refractivity contribution in [3.63, 3.8) is 0 Å². The van der Waals surface area contributed by atoms with Crippen molar-refractivity contribution in [1.82, 2.24) is 15.2 Å². The van der Waals surface area contributed by atoms with Crippen LogP contribution < -0.4 is 16.0 Å². The molecule has 0 aliphatic carbocycles. The largest absolute Gasteiger partial charge is 0.384 e. The van der Waals surface area contributed by atoms with Gasteiger partial charge in [0.25, 0.3) is 11.8 Å². The van der Waals surface area contributed by atoms with Crippen molar-refractivity contribution >= 4 is 34.8 Å². The lowest BCUT2D eigenvalue weighted by molar-refractivity contribution is -0.112. The Morgan fingerprint density at radius 1 is 1.15 bits per heavy atom. The van der Waals surface area contributed by atoms with Gasteiger partial charge >= 0.3 is 0 Å². The molecule has 0 spiro atoms. The lowest BCUT2D eigenvalue weighted by atomic mass is 9.92. The van der Waals surface area contributed by atoms with Gasteiger partial charge in [0.1, 0.15) is 17.2 Å². The molecule has 10 heteroatoms. The first-order valence-electron chi connectivity index (χ1n) is 12.7. The number of amides is 3. The van der Waals surface area contributed by atoms with Crippen LogP contribution in [0.25, 0.3) is 0 Å². The fourth-order valence-electron chi connectivity index (χ4n) is 4.56. The number of nitrogens with zero attached hydrogens (tertiary/aromatic N) is 1. The molecule has 2 aromatic carbocycles. The van der Waals surface area contributed by atoms with E-state index in [1.165, 1.54) is 12.1 Å². The third-order valence-corrected chi connectivity index (χ3v) is 6.54. The van der Waals surface area contributed by atoms with E-state index in [1.54, 1.807) is 41.4 Å². The van der Waals surface area contributed by atoms with Crippen molar-refractivity contribution in [2.45, 2.75) is 20.4 Å². The average molecular weight is 543 g/mol. The lowest BCUT2D eigenvalue weighted by Gasteiger charge is -2.35. The van der Waals surface area contributed by atoms with Gasteiger partial charge in [-0.15, -0.1) is 0 Å². The van der Waals surface area contributed by atoms with E-state index in [0.717, 1.165) is 11.6 Å². The third-order valence-electron chi connectivity index (χ3n) is 6.54. The summed E-state index contributed by atoms with van der Waals surface area (Å²) >= 11 is 0. The van der Waals surface area contributed by atoms with Gasteiger partial charge in [0, 0.05) is 42.2 Å². The molecule has 0 saturated heterocycles. The number of anilines is 2. The zero-order valence-electron chi connectivity index (χ0n) is 22.3. The summed E-state index contributed by atoms with van der Waals surface area (Å²) in [6.45, 7) is 7.84. The standard InChI is InChI=1S/C30H31FN6O3/c1-4-26(38)36-25-14-20(10-11-23(25)31)15-34-28-19(3)16-37(30(40)24-9-6-12-33-24)17-22(28)27(32)29(39)35-21-8-5-7-18(2)13-21/h4-14,19,32-34H,1,15-17H2,2-3H3,(H,35,39)(H,36,38). The number of benzene rings is 2. The molecule has 4 rings (SSSR count). The monoisotopic (exact) mass is 542 g/mol. The molecule has 1 aromatic heterocycles. The second kappa shape index (κ2) is 12.2. The van der Waals surface area contributed by atoms with Gasteiger partial charge in [-0.05, 0) is 60.5 Å². The fourth-order valence-corrected chi connectivity index (χ4v) is 4.56. The fraction of sp³-hybridized carbons (Fsp3) is 0.200. The van der Waals surface area contributed by atoms with Crippen LogP contribution in [0.4, 0.5) is 15.8 Å². The minimum absolute atomic E-state index is 0.0168. The van der Waals surface area contributed by atoms with Gasteiger partial charge in [-0.2, -0.15) is 0 Å². The Labute approximate surface area is 231 Å². The topological polar surface area (TPSA) is 130 Å². The number of nitrogens with one attached hydrogen (secondary N) is 5. The van der Waals surface area contributed by atoms with Gasteiger partial charge in [-0.25, -0.2) is 4.39 Å². The molecule has 1 unspecified atom stereocenters. The molecular weight excluding hydrogens is 511 g/mol. The molecule has 0 fully saturated rings. The number of halogens is 1. The maximum Gasteiger partial charge on any atom is 0.273 e. The summed E-state index contributed by atoms with van der Waals surface area (Å²) in [5, 5.41) is 17.3. The highest BCUT2D eigenvalue weighted by Crippen LogP contribution is 2.25. The Balaban J connectivity index is 1.62. The number of hydrogen-bond acceptors (Lipinski definition) is 5. The summed E-state index contributed by atoms with van der Waals surface area (Å²) in [4.78, 5) is 42.5. The molecule has 5 N–H and O–H groups in total. The molecule has 9 nitrogen and oxygen atoms in total. The normalized spacial score (nSPS) is 14.9. The zero-order valence-corrected chi connectivity index (χ0v) is 22.3. The van der Waals surface area contributed by atoms with Crippen molar-refractivity contribution < 1.29 is 18.8 Å². The summed E-state index contributed by atoms with van der Waals surface area (Å²) in [7, 11) is 0. The van der Waals surface area contributed by atoms with E-state index in [2.05, 4.69) is 27.5 Å². The van der Waals surface area contributed by atoms with Crippen molar-refractivity contribution in [3.05, 3.63) is 107 Å². The lowest BCUT2D eigenvalue weighted by Crippen LogP contribution is -2.46. The van der Waals surface area contributed by atoms with Crippen molar-refractivity contribution in [1.29, 1.82) is 5.41 Å². The highest BCUT2D eigenvalue weighted by atomic mass is 19.1. The summed E-state index contributed by atoms with van der Waals surface area (Å²) in [5.41, 5.74) is 3.38. The molecule has 3 amide bonds. The molecule has 1 atom stereocenters. The van der Waals surface area contributed by atoms with Crippen LogP contribution in [0.5, 0.6) is 0 Å². The molecule has 0 saturated carbocycles. The van der Waals surface area contributed by atoms with E-state index >= 15 is 0 Å². The van der Waals surface area contributed by atoms with Crippen molar-refractivity contribution in [2.75, 3.05) is 23.7 Å². The van der Waals surface area contributed by atoms with Crippen LogP contribution in [0, 0.1) is 24.1 Å². The first-order chi connectivity index (χ1) is 19.2. The number of H-pyrrole nitrogens is 1. The SMILES string of the molecule is C=CC(=O)Nc1cc(CNC2=C(C(=N)C(=O)Nc3cccc(C)c3)CN(C(=O)c3ccc[nH]3)CC2C)ccc1F. The summed E-state index contributed by atoms with van der Waals surface area (Å²) in [6, 6.07) is 15.0. The Morgan fingerprint density at radius 3 is 2.65 bits per heavy atom. The van der Waals surface area contributed by atoms with Crippen LogP contribution >= 0.6 is 0 Å². The Bertz CT molecular complexity index is 1490. The molecule has 1 aliphatic rings. The molecule has 206 valence electrons. The number of carbonyl (C=O) groups is 3. The van der Waals surface area contributed by atoms with E-state index in [9.17, 15) is 18.8 Å². The van der Waals surface area contributed by atoms with Crippen LogP contribution in [0.1, 0.15) is 28.5 Å². The Morgan fingerprint density at radius 2 is 1.95 bits per heavy atom. The van der Waals surface area contributed by atoms with Crippen LogP contribution in [0.3, 0.4) is 0 Å². The maximum atomic E-state index is 14.2. The Hall–Kier alpha value is -4.99. The van der Waals surface area contributed by atoms with Crippen molar-refractivity contribution in [3.8, 4) is 0 Å². The van der Waals surface area contributed by atoms with Crippen molar-refractivity contribution in [2.24, 2.45) is 5.92 Å². The third kappa shape index (κ3) is 6.52. The first kappa shape index (κ1) is 28.0. The highest BCUT2D eigenvalue weighted by molar-refractivity contribution is 6.48. The van der Waals surface area contributed by atoms with Gasteiger partial charge < -0.3 is 25.8 Å². The molecule has 0 radical (unpaired) electrons. The van der Waals surface area contributed by atoms with E-state index in [1.807, 2.05) is 26.0 Å². The van der Waals surface area contributed by atoms with Gasteiger partial charge in [-0.3, -0.25) is 19.8 Å². The smallest absolute Gasteiger partial charge is 0.273 e. The number of carbonyl (C=O) groups excluding carboxylic acids is 3. The molecule has 0 bridgehead atoms. The predicted molar refractivity (Wildman–Crippen MR) is 152 cm³/mol. The van der Waals surface area contributed by atoms with Gasteiger partial charge in [-0.1, -0.05) is 31.7 Å². The zero-order chi connectivity index (χ0) is 28.8. The van der Waals surface area contributed by atoms with Gasteiger partial charge in [0.05, 0.1) is 12.2 Å². The van der Waals surface area contributed by atoms with Crippen LogP contribution in [-0.2, 0) is 16.1 Å². The number of rotatable bonds is 9. The molecular formula is C30H31FN6O3. The molecule has 1 aliphatic heterocycles. The number of aromatic nitrogens is 1. The minimum Gasteiger partial charge on any atom is -0.384 e. The van der Waals surface area contributed by atoms with E-state index in [4.69, 9.17) is 5.41 Å². The second-order valence-corrected chi connectivity index (χ2v) is 9.62. The predicted octanol–water partition coefficient (Wildman–Crippen LogP) is 4.38. The van der Waals surface area contributed by atoms with Crippen LogP contribution in [-0.4, -0.2) is 46.4 Å². The quantitative estimate of drug-likeness (QED) is 0.203. The second-order valence-electron chi connectivity index (χ2n) is 9.62. The average Bonchev–Trinajstić information content (AvgIpc) is 3.48. The van der Waals surface area contributed by atoms with E-state index in [-0.39, 0.29) is 36.3 Å². The van der Waals surface area contributed by atoms with Crippen LogP contribution in [0.15, 0.2) is 84.7 Å². The summed E-state index contributed by atoms with van der Waals surface area (Å²) in [6.07, 6.45) is 2.72. The summed E-state index contributed by atoms with van der Waals surface area (Å²) < 4.78 is 14.2. The number of hydrogen-bond donors (Lipinski definition) is 5. The molecule has 3 aromatic rings. The maximum absolute atomic E-state index is 14.2. The van der Waals surface area contributed by atoms with Crippen LogP contribution in [0.2, 0.25) is 0 Å². The minimum atomic E-state index is -0.600. The molecule has 2 heterocycles. The van der Waals surface area contributed by atoms with Gasteiger partial charge in [0.2, 0.25) is 5.91 Å². The molecule has 40 heavy (non-hydrogen) atoms. The van der Waals surface area contributed by atoms with E-state index < -0.39 is 17.6 Å². The number of aryl methyl sites for hydroxylation is 1. The van der Waals surface area contributed by atoms with E-state index in [0.29, 0.717) is 34.8 Å². The number of aromatic amines is 1.